The molecule has 1 saturated carbocycles. The van der Waals surface area contributed by atoms with E-state index < -0.39 is 0 Å². The first-order valence-electron chi connectivity index (χ1n) is 6.58. The highest BCUT2D eigenvalue weighted by molar-refractivity contribution is 5.85. The second-order valence-electron chi connectivity index (χ2n) is 5.85. The second kappa shape index (κ2) is 5.57. The van der Waals surface area contributed by atoms with Crippen LogP contribution in [0.4, 0.5) is 0 Å². The Bertz CT molecular complexity index is 285. The predicted octanol–water partition coefficient (Wildman–Crippen LogP) is 1.96. The molecule has 1 amide bonds. The van der Waals surface area contributed by atoms with Crippen molar-refractivity contribution in [2.45, 2.75) is 46.1 Å². The molecule has 1 aliphatic heterocycles. The number of piperidine rings is 1. The molecule has 2 rings (SSSR count). The van der Waals surface area contributed by atoms with E-state index in [9.17, 15) is 4.79 Å². The van der Waals surface area contributed by atoms with Crippen LogP contribution in [0.2, 0.25) is 0 Å². The van der Waals surface area contributed by atoms with Gasteiger partial charge in [0.2, 0.25) is 5.91 Å². The minimum Gasteiger partial charge on any atom is -0.352 e. The number of amides is 1. The zero-order valence-corrected chi connectivity index (χ0v) is 11.9. The third-order valence-corrected chi connectivity index (χ3v) is 4.63. The van der Waals surface area contributed by atoms with E-state index in [-0.39, 0.29) is 29.6 Å². The van der Waals surface area contributed by atoms with E-state index >= 15 is 0 Å². The third kappa shape index (κ3) is 3.14. The average molecular weight is 261 g/mol. The standard InChI is InChI=1S/C13H24N2O.ClH/c1-4-13(3)7-10(13)12(16)15-11-8-14-6-5-9(11)2;/h9-11,14H,4-8H2,1-3H3,(H,15,16);1H. The molecule has 0 bridgehead atoms. The molecule has 17 heavy (non-hydrogen) atoms. The molecular weight excluding hydrogens is 236 g/mol. The van der Waals surface area contributed by atoms with Crippen LogP contribution in [0, 0.1) is 17.3 Å². The Morgan fingerprint density at radius 2 is 2.24 bits per heavy atom. The van der Waals surface area contributed by atoms with E-state index in [0.29, 0.717) is 12.0 Å². The summed E-state index contributed by atoms with van der Waals surface area (Å²) in [4.78, 5) is 12.1. The van der Waals surface area contributed by atoms with Gasteiger partial charge in [0.1, 0.15) is 0 Å². The van der Waals surface area contributed by atoms with Gasteiger partial charge >= 0.3 is 0 Å². The number of hydrogen-bond donors (Lipinski definition) is 2. The summed E-state index contributed by atoms with van der Waals surface area (Å²) in [5, 5.41) is 6.57. The highest BCUT2D eigenvalue weighted by atomic mass is 35.5. The summed E-state index contributed by atoms with van der Waals surface area (Å²) in [7, 11) is 0. The summed E-state index contributed by atoms with van der Waals surface area (Å²) in [5.41, 5.74) is 0.287. The highest BCUT2D eigenvalue weighted by Gasteiger charge is 2.53. The maximum atomic E-state index is 12.1. The van der Waals surface area contributed by atoms with Crippen molar-refractivity contribution in [2.24, 2.45) is 17.3 Å². The van der Waals surface area contributed by atoms with Gasteiger partial charge in [-0.25, -0.2) is 0 Å². The van der Waals surface area contributed by atoms with Crippen molar-refractivity contribution >= 4 is 18.3 Å². The quantitative estimate of drug-likeness (QED) is 0.815. The maximum Gasteiger partial charge on any atom is 0.223 e. The molecule has 1 saturated heterocycles. The van der Waals surface area contributed by atoms with Gasteiger partial charge in [-0.3, -0.25) is 4.79 Å². The largest absolute Gasteiger partial charge is 0.352 e. The van der Waals surface area contributed by atoms with Crippen molar-refractivity contribution in [3.63, 3.8) is 0 Å². The monoisotopic (exact) mass is 260 g/mol. The van der Waals surface area contributed by atoms with E-state index in [1.807, 2.05) is 0 Å². The number of carbonyl (C=O) groups is 1. The molecule has 4 atom stereocenters. The maximum absolute atomic E-state index is 12.1. The summed E-state index contributed by atoms with van der Waals surface area (Å²) < 4.78 is 0. The molecule has 0 aromatic carbocycles. The third-order valence-electron chi connectivity index (χ3n) is 4.63. The van der Waals surface area contributed by atoms with Crippen molar-refractivity contribution in [1.29, 1.82) is 0 Å². The minimum atomic E-state index is 0. The van der Waals surface area contributed by atoms with Gasteiger partial charge in [-0.2, -0.15) is 0 Å². The molecule has 1 heterocycles. The van der Waals surface area contributed by atoms with Crippen molar-refractivity contribution in [1.82, 2.24) is 10.6 Å². The predicted molar refractivity (Wildman–Crippen MR) is 72.3 cm³/mol. The van der Waals surface area contributed by atoms with Gasteiger partial charge in [0.05, 0.1) is 0 Å². The second-order valence-corrected chi connectivity index (χ2v) is 5.85. The zero-order valence-electron chi connectivity index (χ0n) is 11.1. The van der Waals surface area contributed by atoms with Gasteiger partial charge in [0.15, 0.2) is 0 Å². The smallest absolute Gasteiger partial charge is 0.223 e. The lowest BCUT2D eigenvalue weighted by Crippen LogP contribution is -2.50. The summed E-state index contributed by atoms with van der Waals surface area (Å²) >= 11 is 0. The van der Waals surface area contributed by atoms with Crippen LogP contribution in [-0.4, -0.2) is 25.0 Å². The van der Waals surface area contributed by atoms with E-state index in [2.05, 4.69) is 31.4 Å². The first-order valence-corrected chi connectivity index (χ1v) is 6.58. The van der Waals surface area contributed by atoms with Crippen LogP contribution in [0.5, 0.6) is 0 Å². The Morgan fingerprint density at radius 1 is 1.53 bits per heavy atom. The van der Waals surface area contributed by atoms with Crippen LogP contribution in [0.25, 0.3) is 0 Å². The summed E-state index contributed by atoms with van der Waals surface area (Å²) in [5.74, 6) is 1.16. The van der Waals surface area contributed by atoms with Gasteiger partial charge in [-0.05, 0) is 37.1 Å². The van der Waals surface area contributed by atoms with Crippen LogP contribution in [0.3, 0.4) is 0 Å². The van der Waals surface area contributed by atoms with Crippen molar-refractivity contribution in [2.75, 3.05) is 13.1 Å². The topological polar surface area (TPSA) is 41.1 Å². The lowest BCUT2D eigenvalue weighted by molar-refractivity contribution is -0.124. The fraction of sp³-hybridized carbons (Fsp3) is 0.923. The summed E-state index contributed by atoms with van der Waals surface area (Å²) in [6.45, 7) is 8.65. The van der Waals surface area contributed by atoms with E-state index in [1.54, 1.807) is 0 Å². The molecule has 4 heteroatoms. The Hall–Kier alpha value is -0.280. The number of hydrogen-bond acceptors (Lipinski definition) is 2. The van der Waals surface area contributed by atoms with Crippen LogP contribution in [-0.2, 0) is 4.79 Å². The van der Waals surface area contributed by atoms with E-state index in [0.717, 1.165) is 25.9 Å². The van der Waals surface area contributed by atoms with E-state index in [1.165, 1.54) is 6.42 Å². The normalized spacial score (nSPS) is 40.3. The van der Waals surface area contributed by atoms with E-state index in [4.69, 9.17) is 0 Å². The van der Waals surface area contributed by atoms with Gasteiger partial charge < -0.3 is 10.6 Å². The SMILES string of the molecule is CCC1(C)CC1C(=O)NC1CNCCC1C.Cl. The average Bonchev–Trinajstić information content (AvgIpc) is 2.95. The van der Waals surface area contributed by atoms with Crippen LogP contribution in [0.15, 0.2) is 0 Å². The molecule has 4 unspecified atom stereocenters. The lowest BCUT2D eigenvalue weighted by Gasteiger charge is -2.30. The number of rotatable bonds is 3. The van der Waals surface area contributed by atoms with Crippen molar-refractivity contribution in [3.05, 3.63) is 0 Å². The minimum absolute atomic E-state index is 0. The number of halogens is 1. The Balaban J connectivity index is 0.00000144. The van der Waals surface area contributed by atoms with Gasteiger partial charge in [-0.1, -0.05) is 20.8 Å². The van der Waals surface area contributed by atoms with Gasteiger partial charge in [0, 0.05) is 18.5 Å². The molecule has 2 aliphatic rings. The molecule has 2 fully saturated rings. The molecule has 100 valence electrons. The highest BCUT2D eigenvalue weighted by Crippen LogP contribution is 2.54. The molecule has 3 nitrogen and oxygen atoms in total. The molecule has 0 spiro atoms. The molecule has 0 aromatic rings. The molecule has 1 aliphatic carbocycles. The molecule has 2 N–H and O–H groups in total. The summed E-state index contributed by atoms with van der Waals surface area (Å²) in [6, 6.07) is 0.336. The van der Waals surface area contributed by atoms with Crippen LogP contribution < -0.4 is 10.6 Å². The van der Waals surface area contributed by atoms with Crippen LogP contribution >= 0.6 is 12.4 Å². The van der Waals surface area contributed by atoms with Gasteiger partial charge in [0.25, 0.3) is 0 Å². The lowest BCUT2D eigenvalue weighted by atomic mass is 9.94. The van der Waals surface area contributed by atoms with Crippen molar-refractivity contribution in [3.8, 4) is 0 Å². The van der Waals surface area contributed by atoms with Crippen molar-refractivity contribution < 1.29 is 4.79 Å². The molecular formula is C13H25ClN2O. The molecule has 0 radical (unpaired) electrons. The number of carbonyl (C=O) groups excluding carboxylic acids is 1. The number of nitrogens with one attached hydrogen (secondary N) is 2. The summed E-state index contributed by atoms with van der Waals surface area (Å²) in [6.07, 6.45) is 3.36. The fourth-order valence-electron chi connectivity index (χ4n) is 2.67. The Kier molecular flexibility index (Phi) is 4.85. The Morgan fingerprint density at radius 3 is 2.76 bits per heavy atom. The first kappa shape index (κ1) is 14.8. The van der Waals surface area contributed by atoms with Crippen LogP contribution in [0.1, 0.15) is 40.0 Å². The molecule has 0 aromatic heterocycles. The fourth-order valence-corrected chi connectivity index (χ4v) is 2.67. The van der Waals surface area contributed by atoms with Gasteiger partial charge in [-0.15, -0.1) is 12.4 Å². The zero-order chi connectivity index (χ0) is 11.8. The Labute approximate surface area is 111 Å². The first-order chi connectivity index (χ1) is 7.57.